The molecule has 2 rings (SSSR count). The summed E-state index contributed by atoms with van der Waals surface area (Å²) in [6.45, 7) is 2.59. The van der Waals surface area contributed by atoms with Crippen LogP contribution in [0.4, 0.5) is 0 Å². The summed E-state index contributed by atoms with van der Waals surface area (Å²) in [5, 5.41) is 4.67. The zero-order valence-electron chi connectivity index (χ0n) is 11.0. The van der Waals surface area contributed by atoms with Crippen molar-refractivity contribution in [3.63, 3.8) is 0 Å². The molecule has 0 radical (unpaired) electrons. The molecule has 2 aromatic rings. The van der Waals surface area contributed by atoms with Crippen LogP contribution in [-0.2, 0) is 4.79 Å². The van der Waals surface area contributed by atoms with E-state index in [9.17, 15) is 9.59 Å². The maximum Gasteiger partial charge on any atom is 0.292 e. The molecule has 1 N–H and O–H groups in total. The van der Waals surface area contributed by atoms with E-state index < -0.39 is 11.7 Å². The van der Waals surface area contributed by atoms with Crippen LogP contribution >= 0.6 is 0 Å². The van der Waals surface area contributed by atoms with Crippen molar-refractivity contribution < 1.29 is 9.59 Å². The van der Waals surface area contributed by atoms with Crippen molar-refractivity contribution in [3.8, 4) is 0 Å². The molecule has 1 amide bonds. The molecule has 3 nitrogen and oxygen atoms in total. The van der Waals surface area contributed by atoms with Gasteiger partial charge in [0.15, 0.2) is 0 Å². The molecule has 0 aromatic heterocycles. The first-order valence-electron chi connectivity index (χ1n) is 6.53. The monoisotopic (exact) mass is 255 g/mol. The second-order valence-corrected chi connectivity index (χ2v) is 4.50. The van der Waals surface area contributed by atoms with Gasteiger partial charge in [0.1, 0.15) is 0 Å². The molecule has 0 fully saturated rings. The van der Waals surface area contributed by atoms with Gasteiger partial charge in [-0.2, -0.15) is 0 Å². The maximum absolute atomic E-state index is 12.0. The fourth-order valence-corrected chi connectivity index (χ4v) is 1.92. The van der Waals surface area contributed by atoms with E-state index in [1.54, 1.807) is 12.1 Å². The SMILES string of the molecule is CCCCNC(=O)C(=O)c1ccc2ccccc2c1. The third-order valence-electron chi connectivity index (χ3n) is 3.03. The van der Waals surface area contributed by atoms with Gasteiger partial charge in [0.25, 0.3) is 5.91 Å². The van der Waals surface area contributed by atoms with Gasteiger partial charge in [-0.15, -0.1) is 0 Å². The molecule has 0 aliphatic heterocycles. The summed E-state index contributed by atoms with van der Waals surface area (Å²) < 4.78 is 0. The third kappa shape index (κ3) is 3.19. The summed E-state index contributed by atoms with van der Waals surface area (Å²) in [5.41, 5.74) is 0.438. The summed E-state index contributed by atoms with van der Waals surface area (Å²) in [5.74, 6) is -0.995. The molecule has 0 heterocycles. The van der Waals surface area contributed by atoms with Crippen LogP contribution in [0.25, 0.3) is 10.8 Å². The van der Waals surface area contributed by atoms with Crippen LogP contribution in [0.5, 0.6) is 0 Å². The lowest BCUT2D eigenvalue weighted by Gasteiger charge is -2.04. The van der Waals surface area contributed by atoms with Crippen molar-refractivity contribution in [2.45, 2.75) is 19.8 Å². The fraction of sp³-hybridized carbons (Fsp3) is 0.250. The molecule has 0 spiro atoms. The highest BCUT2D eigenvalue weighted by Crippen LogP contribution is 2.15. The van der Waals surface area contributed by atoms with Crippen LogP contribution < -0.4 is 5.32 Å². The van der Waals surface area contributed by atoms with Gasteiger partial charge >= 0.3 is 0 Å². The number of carbonyl (C=O) groups is 2. The zero-order valence-corrected chi connectivity index (χ0v) is 11.0. The van der Waals surface area contributed by atoms with E-state index in [1.165, 1.54) is 0 Å². The Morgan fingerprint density at radius 3 is 2.53 bits per heavy atom. The average Bonchev–Trinajstić information content (AvgIpc) is 2.46. The lowest BCUT2D eigenvalue weighted by atomic mass is 10.0. The first kappa shape index (κ1) is 13.3. The molecular formula is C16H17NO2. The largest absolute Gasteiger partial charge is 0.349 e. The summed E-state index contributed by atoms with van der Waals surface area (Å²) in [7, 11) is 0. The van der Waals surface area contributed by atoms with Crippen molar-refractivity contribution >= 4 is 22.5 Å². The number of carbonyl (C=O) groups excluding carboxylic acids is 2. The molecule has 0 saturated heterocycles. The Balaban J connectivity index is 2.14. The Kier molecular flexibility index (Phi) is 4.29. The number of benzene rings is 2. The number of Topliss-reactive ketones (excluding diaryl/α,β-unsaturated/α-hetero) is 1. The van der Waals surface area contributed by atoms with E-state index in [0.29, 0.717) is 12.1 Å². The first-order chi connectivity index (χ1) is 9.22. The highest BCUT2D eigenvalue weighted by molar-refractivity contribution is 6.43. The number of fused-ring (bicyclic) bond motifs is 1. The lowest BCUT2D eigenvalue weighted by molar-refractivity contribution is -0.117. The molecule has 0 aliphatic rings. The molecular weight excluding hydrogens is 238 g/mol. The van der Waals surface area contributed by atoms with Gasteiger partial charge < -0.3 is 5.32 Å². The maximum atomic E-state index is 12.0. The molecule has 19 heavy (non-hydrogen) atoms. The quantitative estimate of drug-likeness (QED) is 0.507. The number of hydrogen-bond acceptors (Lipinski definition) is 2. The van der Waals surface area contributed by atoms with Crippen molar-refractivity contribution in [1.29, 1.82) is 0 Å². The lowest BCUT2D eigenvalue weighted by Crippen LogP contribution is -2.31. The number of amides is 1. The van der Waals surface area contributed by atoms with E-state index in [4.69, 9.17) is 0 Å². The van der Waals surface area contributed by atoms with Crippen LogP contribution in [-0.4, -0.2) is 18.2 Å². The summed E-state index contributed by atoms with van der Waals surface area (Å²) in [6, 6.07) is 13.1. The minimum atomic E-state index is -0.524. The highest BCUT2D eigenvalue weighted by Gasteiger charge is 2.15. The van der Waals surface area contributed by atoms with Gasteiger partial charge in [-0.25, -0.2) is 0 Å². The van der Waals surface area contributed by atoms with Crippen LogP contribution in [0.3, 0.4) is 0 Å². The minimum Gasteiger partial charge on any atom is -0.349 e. The smallest absolute Gasteiger partial charge is 0.292 e. The van der Waals surface area contributed by atoms with E-state index in [1.807, 2.05) is 37.3 Å². The Morgan fingerprint density at radius 2 is 1.79 bits per heavy atom. The summed E-state index contributed by atoms with van der Waals surface area (Å²) in [4.78, 5) is 23.7. The van der Waals surface area contributed by atoms with Crippen molar-refractivity contribution in [1.82, 2.24) is 5.32 Å². The van der Waals surface area contributed by atoms with Gasteiger partial charge in [-0.3, -0.25) is 9.59 Å². The van der Waals surface area contributed by atoms with Gasteiger partial charge in [0, 0.05) is 12.1 Å². The van der Waals surface area contributed by atoms with E-state index in [0.717, 1.165) is 23.6 Å². The van der Waals surface area contributed by atoms with Crippen molar-refractivity contribution in [3.05, 3.63) is 48.0 Å². The second-order valence-electron chi connectivity index (χ2n) is 4.50. The minimum absolute atomic E-state index is 0.438. The standard InChI is InChI=1S/C16H17NO2/c1-2-3-10-17-16(19)15(18)14-9-8-12-6-4-5-7-13(12)11-14/h4-9,11H,2-3,10H2,1H3,(H,17,19). The van der Waals surface area contributed by atoms with Gasteiger partial charge in [-0.05, 0) is 23.3 Å². The van der Waals surface area contributed by atoms with Crippen LogP contribution in [0.1, 0.15) is 30.1 Å². The predicted molar refractivity (Wildman–Crippen MR) is 76.2 cm³/mol. The van der Waals surface area contributed by atoms with Gasteiger partial charge in [0.05, 0.1) is 0 Å². The molecule has 3 heteroatoms. The van der Waals surface area contributed by atoms with Crippen molar-refractivity contribution in [2.24, 2.45) is 0 Å². The first-order valence-corrected chi connectivity index (χ1v) is 6.53. The predicted octanol–water partition coefficient (Wildman–Crippen LogP) is 2.94. The molecule has 2 aromatic carbocycles. The number of hydrogen-bond donors (Lipinski definition) is 1. The molecule has 0 unspecified atom stereocenters. The van der Waals surface area contributed by atoms with Crippen molar-refractivity contribution in [2.75, 3.05) is 6.54 Å². The zero-order chi connectivity index (χ0) is 13.7. The third-order valence-corrected chi connectivity index (χ3v) is 3.03. The number of unbranched alkanes of at least 4 members (excludes halogenated alkanes) is 1. The molecule has 0 bridgehead atoms. The number of ketones is 1. The molecule has 98 valence electrons. The Hall–Kier alpha value is -2.16. The molecule has 0 aliphatic carbocycles. The normalized spacial score (nSPS) is 10.4. The number of nitrogens with one attached hydrogen (secondary N) is 1. The average molecular weight is 255 g/mol. The van der Waals surface area contributed by atoms with Gasteiger partial charge in [-0.1, -0.05) is 49.7 Å². The van der Waals surface area contributed by atoms with Crippen LogP contribution in [0, 0.1) is 0 Å². The van der Waals surface area contributed by atoms with Crippen LogP contribution in [0.2, 0.25) is 0 Å². The van der Waals surface area contributed by atoms with E-state index in [-0.39, 0.29) is 0 Å². The second kappa shape index (κ2) is 6.14. The number of rotatable bonds is 5. The fourth-order valence-electron chi connectivity index (χ4n) is 1.92. The molecule has 0 saturated carbocycles. The van der Waals surface area contributed by atoms with E-state index >= 15 is 0 Å². The van der Waals surface area contributed by atoms with Gasteiger partial charge in [0.2, 0.25) is 5.78 Å². The summed E-state index contributed by atoms with van der Waals surface area (Å²) >= 11 is 0. The molecule has 0 atom stereocenters. The topological polar surface area (TPSA) is 46.2 Å². The van der Waals surface area contributed by atoms with Crippen LogP contribution in [0.15, 0.2) is 42.5 Å². The Labute approximate surface area is 112 Å². The Bertz CT molecular complexity index is 604. The summed E-state index contributed by atoms with van der Waals surface area (Å²) in [6.07, 6.45) is 1.88. The Morgan fingerprint density at radius 1 is 1.05 bits per heavy atom. The van der Waals surface area contributed by atoms with E-state index in [2.05, 4.69) is 5.32 Å². The highest BCUT2D eigenvalue weighted by atomic mass is 16.2.